The van der Waals surface area contributed by atoms with Gasteiger partial charge in [-0.2, -0.15) is 11.3 Å². The minimum Gasteiger partial charge on any atom is -0.349 e. The number of amides is 1. The molecule has 1 fully saturated rings. The molecular formula is C15H18N2OS2. The molecule has 2 aromatic rings. The van der Waals surface area contributed by atoms with Gasteiger partial charge in [0.15, 0.2) is 0 Å². The van der Waals surface area contributed by atoms with E-state index in [2.05, 4.69) is 27.0 Å². The van der Waals surface area contributed by atoms with Crippen molar-refractivity contribution in [1.82, 2.24) is 10.2 Å². The molecule has 1 amide bonds. The van der Waals surface area contributed by atoms with Crippen LogP contribution in [0.4, 0.5) is 0 Å². The summed E-state index contributed by atoms with van der Waals surface area (Å²) in [6.45, 7) is 2.96. The predicted octanol–water partition coefficient (Wildman–Crippen LogP) is 3.38. The number of nitrogens with zero attached hydrogens (tertiary/aromatic N) is 1. The lowest BCUT2D eigenvalue weighted by Gasteiger charge is -2.27. The molecule has 106 valence electrons. The highest BCUT2D eigenvalue weighted by atomic mass is 32.1. The number of nitrogens with one attached hydrogen (secondary N) is 1. The van der Waals surface area contributed by atoms with Crippen LogP contribution in [0.3, 0.4) is 0 Å². The van der Waals surface area contributed by atoms with E-state index in [-0.39, 0.29) is 5.91 Å². The van der Waals surface area contributed by atoms with Crippen LogP contribution in [0.1, 0.15) is 34.1 Å². The highest BCUT2D eigenvalue weighted by Gasteiger charge is 2.24. The standard InChI is InChI=1S/C15H18N2OS2/c18-15(14-4-3-8-20-14)16-10-13(12-5-9-19-11-12)17-6-1-2-7-17/h3-5,8-9,11,13H,1-2,6-7,10H2,(H,16,18)/t13-/m1/s1. The van der Waals surface area contributed by atoms with Crippen LogP contribution in [0, 0.1) is 0 Å². The van der Waals surface area contributed by atoms with Crippen LogP contribution >= 0.6 is 22.7 Å². The lowest BCUT2D eigenvalue weighted by molar-refractivity contribution is 0.0942. The Morgan fingerprint density at radius 3 is 2.80 bits per heavy atom. The second kappa shape index (κ2) is 6.52. The summed E-state index contributed by atoms with van der Waals surface area (Å²) in [5, 5.41) is 9.33. The quantitative estimate of drug-likeness (QED) is 0.918. The Balaban J connectivity index is 1.66. The van der Waals surface area contributed by atoms with Gasteiger partial charge in [-0.05, 0) is 59.8 Å². The molecule has 0 aromatic carbocycles. The van der Waals surface area contributed by atoms with Crippen LogP contribution in [0.2, 0.25) is 0 Å². The van der Waals surface area contributed by atoms with Crippen molar-refractivity contribution in [2.24, 2.45) is 0 Å². The second-order valence-electron chi connectivity index (χ2n) is 5.00. The van der Waals surface area contributed by atoms with Crippen LogP contribution in [-0.4, -0.2) is 30.4 Å². The number of rotatable bonds is 5. The molecule has 3 nitrogen and oxygen atoms in total. The lowest BCUT2D eigenvalue weighted by Crippen LogP contribution is -2.36. The number of carbonyl (C=O) groups is 1. The fourth-order valence-electron chi connectivity index (χ4n) is 2.66. The molecule has 5 heteroatoms. The Kier molecular flexibility index (Phi) is 4.50. The van der Waals surface area contributed by atoms with Gasteiger partial charge in [0.1, 0.15) is 0 Å². The normalized spacial score (nSPS) is 17.2. The van der Waals surface area contributed by atoms with Crippen molar-refractivity contribution in [2.45, 2.75) is 18.9 Å². The molecule has 1 atom stereocenters. The van der Waals surface area contributed by atoms with Gasteiger partial charge in [0.2, 0.25) is 0 Å². The molecule has 2 aromatic heterocycles. The first-order chi connectivity index (χ1) is 9.84. The molecule has 3 rings (SSSR count). The van der Waals surface area contributed by atoms with Gasteiger partial charge in [0.25, 0.3) is 5.91 Å². The third-order valence-electron chi connectivity index (χ3n) is 3.71. The average molecular weight is 306 g/mol. The first-order valence-corrected chi connectivity index (χ1v) is 8.74. The fraction of sp³-hybridized carbons (Fsp3) is 0.400. The Labute approximate surface area is 127 Å². The lowest BCUT2D eigenvalue weighted by atomic mass is 10.1. The van der Waals surface area contributed by atoms with Gasteiger partial charge < -0.3 is 5.32 Å². The van der Waals surface area contributed by atoms with Crippen molar-refractivity contribution in [1.29, 1.82) is 0 Å². The molecule has 0 spiro atoms. The molecule has 20 heavy (non-hydrogen) atoms. The maximum atomic E-state index is 12.1. The Morgan fingerprint density at radius 1 is 1.30 bits per heavy atom. The summed E-state index contributed by atoms with van der Waals surface area (Å²) < 4.78 is 0. The van der Waals surface area contributed by atoms with Crippen molar-refractivity contribution in [3.05, 3.63) is 44.8 Å². The van der Waals surface area contributed by atoms with E-state index in [1.165, 1.54) is 29.7 Å². The summed E-state index contributed by atoms with van der Waals surface area (Å²) in [5.41, 5.74) is 1.32. The molecule has 1 saturated heterocycles. The van der Waals surface area contributed by atoms with Crippen LogP contribution in [0.25, 0.3) is 0 Å². The summed E-state index contributed by atoms with van der Waals surface area (Å²) in [7, 11) is 0. The molecule has 0 aliphatic carbocycles. The van der Waals surface area contributed by atoms with Crippen LogP contribution in [0.15, 0.2) is 34.3 Å². The van der Waals surface area contributed by atoms with Gasteiger partial charge in [-0.3, -0.25) is 9.69 Å². The minimum absolute atomic E-state index is 0.0411. The third-order valence-corrected chi connectivity index (χ3v) is 5.28. The molecule has 1 aliphatic rings. The van der Waals surface area contributed by atoms with Gasteiger partial charge in [0.05, 0.1) is 10.9 Å². The third kappa shape index (κ3) is 3.11. The highest BCUT2D eigenvalue weighted by molar-refractivity contribution is 7.12. The topological polar surface area (TPSA) is 32.3 Å². The zero-order valence-electron chi connectivity index (χ0n) is 11.2. The van der Waals surface area contributed by atoms with Gasteiger partial charge in [-0.25, -0.2) is 0 Å². The zero-order valence-corrected chi connectivity index (χ0v) is 12.9. The van der Waals surface area contributed by atoms with Crippen molar-refractivity contribution in [3.63, 3.8) is 0 Å². The maximum Gasteiger partial charge on any atom is 0.261 e. The van der Waals surface area contributed by atoms with E-state index in [1.807, 2.05) is 17.5 Å². The molecule has 3 heterocycles. The smallest absolute Gasteiger partial charge is 0.261 e. The molecule has 0 radical (unpaired) electrons. The van der Waals surface area contributed by atoms with Gasteiger partial charge >= 0.3 is 0 Å². The van der Waals surface area contributed by atoms with Gasteiger partial charge in [-0.15, -0.1) is 11.3 Å². The number of hydrogen-bond donors (Lipinski definition) is 1. The van der Waals surface area contributed by atoms with Crippen molar-refractivity contribution >= 4 is 28.6 Å². The van der Waals surface area contributed by atoms with E-state index in [9.17, 15) is 4.79 Å². The summed E-state index contributed by atoms with van der Waals surface area (Å²) in [5.74, 6) is 0.0411. The van der Waals surface area contributed by atoms with Gasteiger partial charge in [0, 0.05) is 6.54 Å². The van der Waals surface area contributed by atoms with E-state index in [1.54, 1.807) is 11.3 Å². The molecule has 1 aliphatic heterocycles. The highest BCUT2D eigenvalue weighted by Crippen LogP contribution is 2.26. The molecule has 0 bridgehead atoms. The predicted molar refractivity (Wildman–Crippen MR) is 84.5 cm³/mol. The van der Waals surface area contributed by atoms with E-state index >= 15 is 0 Å². The summed E-state index contributed by atoms with van der Waals surface area (Å²) >= 11 is 3.21. The second-order valence-corrected chi connectivity index (χ2v) is 6.73. The first-order valence-electron chi connectivity index (χ1n) is 6.92. The van der Waals surface area contributed by atoms with Crippen molar-refractivity contribution < 1.29 is 4.79 Å². The number of carbonyl (C=O) groups excluding carboxylic acids is 1. The minimum atomic E-state index is 0.0411. The molecule has 0 saturated carbocycles. The first kappa shape index (κ1) is 13.8. The van der Waals surface area contributed by atoms with E-state index in [0.29, 0.717) is 12.6 Å². The Morgan fingerprint density at radius 2 is 2.15 bits per heavy atom. The largest absolute Gasteiger partial charge is 0.349 e. The SMILES string of the molecule is O=C(NC[C@H](c1ccsc1)N1CCCC1)c1cccs1. The number of likely N-dealkylation sites (tertiary alicyclic amines) is 1. The molecular weight excluding hydrogens is 288 g/mol. The van der Waals surface area contributed by atoms with Crippen molar-refractivity contribution in [3.8, 4) is 0 Å². The van der Waals surface area contributed by atoms with Crippen molar-refractivity contribution in [2.75, 3.05) is 19.6 Å². The van der Waals surface area contributed by atoms with Gasteiger partial charge in [-0.1, -0.05) is 6.07 Å². The average Bonchev–Trinajstić information content (AvgIpc) is 3.22. The number of hydrogen-bond acceptors (Lipinski definition) is 4. The zero-order chi connectivity index (χ0) is 13.8. The summed E-state index contributed by atoms with van der Waals surface area (Å²) in [6, 6.07) is 6.27. The summed E-state index contributed by atoms with van der Waals surface area (Å²) in [4.78, 5) is 15.3. The van der Waals surface area contributed by atoms with E-state index < -0.39 is 0 Å². The molecule has 0 unspecified atom stereocenters. The van der Waals surface area contributed by atoms with Crippen LogP contribution in [0.5, 0.6) is 0 Å². The molecule has 1 N–H and O–H groups in total. The van der Waals surface area contributed by atoms with E-state index in [0.717, 1.165) is 18.0 Å². The summed E-state index contributed by atoms with van der Waals surface area (Å²) in [6.07, 6.45) is 2.53. The Bertz CT molecular complexity index is 530. The fourth-order valence-corrected chi connectivity index (χ4v) is 4.01. The number of thiophene rings is 2. The maximum absolute atomic E-state index is 12.1. The Hall–Kier alpha value is -1.17. The van der Waals surface area contributed by atoms with Crippen LogP contribution < -0.4 is 5.32 Å². The van der Waals surface area contributed by atoms with E-state index in [4.69, 9.17) is 0 Å². The van der Waals surface area contributed by atoms with Crippen LogP contribution in [-0.2, 0) is 0 Å². The monoisotopic (exact) mass is 306 g/mol.